The van der Waals surface area contributed by atoms with Crippen LogP contribution in [0.2, 0.25) is 5.02 Å². The van der Waals surface area contributed by atoms with E-state index in [1.54, 1.807) is 6.07 Å². The Labute approximate surface area is 172 Å². The lowest BCUT2D eigenvalue weighted by atomic mass is 10.2. The lowest BCUT2D eigenvalue weighted by Crippen LogP contribution is -2.24. The number of nitrogens with zero attached hydrogens (tertiary/aromatic N) is 3. The van der Waals surface area contributed by atoms with Gasteiger partial charge in [0.1, 0.15) is 0 Å². The van der Waals surface area contributed by atoms with Crippen molar-refractivity contribution in [1.29, 1.82) is 0 Å². The molecule has 0 radical (unpaired) electrons. The van der Waals surface area contributed by atoms with Crippen LogP contribution in [0.1, 0.15) is 18.9 Å². The Morgan fingerprint density at radius 3 is 2.79 bits per heavy atom. The predicted molar refractivity (Wildman–Crippen MR) is 115 cm³/mol. The number of aromatic nitrogens is 3. The van der Waals surface area contributed by atoms with E-state index >= 15 is 0 Å². The molecule has 1 atom stereocenters. The fourth-order valence-corrected chi connectivity index (χ4v) is 4.18. The Bertz CT molecular complexity index is 1170. The molecular weight excluding hydrogens is 392 g/mol. The van der Waals surface area contributed by atoms with Gasteiger partial charge in [-0.2, -0.15) is 0 Å². The van der Waals surface area contributed by atoms with E-state index in [1.807, 2.05) is 66.8 Å². The highest BCUT2D eigenvalue weighted by Crippen LogP contribution is 2.29. The highest BCUT2D eigenvalue weighted by atomic mass is 35.5. The first kappa shape index (κ1) is 18.8. The van der Waals surface area contributed by atoms with Gasteiger partial charge in [-0.1, -0.05) is 54.6 Å². The average Bonchev–Trinajstić information content (AvgIpc) is 3.12. The van der Waals surface area contributed by atoms with Gasteiger partial charge in [-0.15, -0.1) is 10.2 Å². The summed E-state index contributed by atoms with van der Waals surface area (Å²) in [6.45, 7) is 3.92. The molecule has 1 amide bonds. The van der Waals surface area contributed by atoms with Gasteiger partial charge >= 0.3 is 0 Å². The summed E-state index contributed by atoms with van der Waals surface area (Å²) in [6, 6.07) is 17.6. The zero-order chi connectivity index (χ0) is 19.7. The van der Waals surface area contributed by atoms with Crippen molar-refractivity contribution in [2.75, 3.05) is 5.32 Å². The maximum atomic E-state index is 12.8. The SMILES string of the molecule is CCC(Sc1nnc2ccc3ccccc3n12)C(=O)Nc1ccc(C)c(Cl)c1. The van der Waals surface area contributed by atoms with E-state index in [4.69, 9.17) is 11.6 Å². The maximum absolute atomic E-state index is 12.8. The third-order valence-electron chi connectivity index (χ3n) is 4.60. The van der Waals surface area contributed by atoms with Crippen LogP contribution in [0.3, 0.4) is 0 Å². The van der Waals surface area contributed by atoms with Crippen LogP contribution in [-0.2, 0) is 4.79 Å². The number of benzene rings is 2. The fraction of sp³-hybridized carbons (Fsp3) is 0.190. The van der Waals surface area contributed by atoms with Crippen LogP contribution in [0.4, 0.5) is 5.69 Å². The molecule has 2 aromatic carbocycles. The van der Waals surface area contributed by atoms with Gasteiger partial charge < -0.3 is 5.32 Å². The summed E-state index contributed by atoms with van der Waals surface area (Å²) in [5.74, 6) is -0.0793. The van der Waals surface area contributed by atoms with Crippen molar-refractivity contribution in [2.24, 2.45) is 0 Å². The van der Waals surface area contributed by atoms with Crippen LogP contribution >= 0.6 is 23.4 Å². The number of nitrogens with one attached hydrogen (secondary N) is 1. The highest BCUT2D eigenvalue weighted by Gasteiger charge is 2.22. The summed E-state index contributed by atoms with van der Waals surface area (Å²) >= 11 is 7.59. The monoisotopic (exact) mass is 410 g/mol. The first-order chi connectivity index (χ1) is 13.6. The molecule has 0 saturated heterocycles. The van der Waals surface area contributed by atoms with Crippen molar-refractivity contribution in [3.05, 3.63) is 65.2 Å². The molecular formula is C21H19ClN4OS. The number of aryl methyl sites for hydroxylation is 1. The molecule has 4 aromatic rings. The minimum absolute atomic E-state index is 0.0793. The topological polar surface area (TPSA) is 59.3 Å². The van der Waals surface area contributed by atoms with Gasteiger partial charge in [-0.3, -0.25) is 9.20 Å². The Balaban J connectivity index is 1.62. The first-order valence-corrected chi connectivity index (χ1v) is 10.3. The molecule has 1 N–H and O–H groups in total. The summed E-state index contributed by atoms with van der Waals surface area (Å²) in [5, 5.41) is 13.7. The number of carbonyl (C=O) groups is 1. The van der Waals surface area contributed by atoms with Crippen molar-refractivity contribution < 1.29 is 4.79 Å². The number of para-hydroxylation sites is 1. The largest absolute Gasteiger partial charge is 0.325 e. The van der Waals surface area contributed by atoms with E-state index in [2.05, 4.69) is 15.5 Å². The summed E-state index contributed by atoms with van der Waals surface area (Å²) in [5.41, 5.74) is 3.45. The number of rotatable bonds is 5. The van der Waals surface area contributed by atoms with Crippen LogP contribution in [0.25, 0.3) is 16.6 Å². The van der Waals surface area contributed by atoms with Gasteiger partial charge in [0.25, 0.3) is 0 Å². The minimum atomic E-state index is -0.300. The Kier molecular flexibility index (Phi) is 5.24. The number of halogens is 1. The third-order valence-corrected chi connectivity index (χ3v) is 6.31. The Hall–Kier alpha value is -2.57. The normalized spacial score (nSPS) is 12.4. The van der Waals surface area contributed by atoms with E-state index < -0.39 is 0 Å². The number of amides is 1. The van der Waals surface area contributed by atoms with Crippen LogP contribution in [0, 0.1) is 6.92 Å². The van der Waals surface area contributed by atoms with Crippen molar-refractivity contribution in [3.8, 4) is 0 Å². The van der Waals surface area contributed by atoms with Gasteiger partial charge in [0, 0.05) is 10.7 Å². The maximum Gasteiger partial charge on any atom is 0.237 e. The Morgan fingerprint density at radius 2 is 2.00 bits per heavy atom. The predicted octanol–water partition coefficient (Wildman–Crippen LogP) is 5.35. The van der Waals surface area contributed by atoms with E-state index in [-0.39, 0.29) is 11.2 Å². The van der Waals surface area contributed by atoms with Gasteiger partial charge in [-0.25, -0.2) is 0 Å². The molecule has 2 heterocycles. The molecule has 0 spiro atoms. The standard InChI is InChI=1S/C21H19ClN4OS/c1-3-18(20(27)23-15-10-8-13(2)16(22)12-15)28-21-25-24-19-11-9-14-6-4-5-7-17(14)26(19)21/h4-12,18H,3H2,1-2H3,(H,23,27). The van der Waals surface area contributed by atoms with Crippen molar-refractivity contribution in [3.63, 3.8) is 0 Å². The van der Waals surface area contributed by atoms with E-state index in [0.717, 1.165) is 22.1 Å². The number of hydrogen-bond donors (Lipinski definition) is 1. The summed E-state index contributed by atoms with van der Waals surface area (Å²) in [4.78, 5) is 12.8. The molecule has 0 fully saturated rings. The molecule has 5 nitrogen and oxygen atoms in total. The van der Waals surface area contributed by atoms with Gasteiger partial charge in [-0.05, 0) is 54.6 Å². The second-order valence-corrected chi connectivity index (χ2v) is 8.11. The van der Waals surface area contributed by atoms with E-state index in [9.17, 15) is 4.79 Å². The molecule has 4 rings (SSSR count). The molecule has 0 aliphatic carbocycles. The number of thioether (sulfide) groups is 1. The summed E-state index contributed by atoms with van der Waals surface area (Å²) in [7, 11) is 0. The second kappa shape index (κ2) is 7.81. The van der Waals surface area contributed by atoms with Crippen LogP contribution in [0.15, 0.2) is 59.8 Å². The van der Waals surface area contributed by atoms with Crippen LogP contribution < -0.4 is 5.32 Å². The molecule has 142 valence electrons. The van der Waals surface area contributed by atoms with Crippen LogP contribution in [-0.4, -0.2) is 25.8 Å². The van der Waals surface area contributed by atoms with Gasteiger partial charge in [0.05, 0.1) is 10.8 Å². The molecule has 0 aliphatic rings. The summed E-state index contributed by atoms with van der Waals surface area (Å²) < 4.78 is 2.00. The minimum Gasteiger partial charge on any atom is -0.325 e. The van der Waals surface area contributed by atoms with Gasteiger partial charge in [0.2, 0.25) is 5.91 Å². The summed E-state index contributed by atoms with van der Waals surface area (Å²) in [6.07, 6.45) is 0.662. The number of fused-ring (bicyclic) bond motifs is 3. The molecule has 28 heavy (non-hydrogen) atoms. The lowest BCUT2D eigenvalue weighted by Gasteiger charge is -2.14. The van der Waals surface area contributed by atoms with Crippen molar-refractivity contribution >= 4 is 51.5 Å². The van der Waals surface area contributed by atoms with Crippen molar-refractivity contribution in [2.45, 2.75) is 30.7 Å². The zero-order valence-corrected chi connectivity index (χ0v) is 17.1. The van der Waals surface area contributed by atoms with Crippen molar-refractivity contribution in [1.82, 2.24) is 14.6 Å². The fourth-order valence-electron chi connectivity index (χ4n) is 3.03. The molecule has 0 aliphatic heterocycles. The molecule has 1 unspecified atom stereocenters. The smallest absolute Gasteiger partial charge is 0.237 e. The molecule has 0 saturated carbocycles. The highest BCUT2D eigenvalue weighted by molar-refractivity contribution is 8.00. The molecule has 0 bridgehead atoms. The second-order valence-electron chi connectivity index (χ2n) is 6.54. The average molecular weight is 411 g/mol. The molecule has 2 aromatic heterocycles. The number of hydrogen-bond acceptors (Lipinski definition) is 4. The quantitative estimate of drug-likeness (QED) is 0.450. The first-order valence-electron chi connectivity index (χ1n) is 9.03. The number of anilines is 1. The lowest BCUT2D eigenvalue weighted by molar-refractivity contribution is -0.115. The number of carbonyl (C=O) groups excluding carboxylic acids is 1. The van der Waals surface area contributed by atoms with E-state index in [1.165, 1.54) is 11.8 Å². The Morgan fingerprint density at radius 1 is 1.18 bits per heavy atom. The molecule has 7 heteroatoms. The van der Waals surface area contributed by atoms with Gasteiger partial charge in [0.15, 0.2) is 10.8 Å². The zero-order valence-electron chi connectivity index (χ0n) is 15.5. The number of pyridine rings is 1. The third kappa shape index (κ3) is 3.57. The van der Waals surface area contributed by atoms with E-state index in [0.29, 0.717) is 22.3 Å². The van der Waals surface area contributed by atoms with Crippen LogP contribution in [0.5, 0.6) is 0 Å².